The molecule has 2 aromatic rings. The fraction of sp³-hybridized carbons (Fsp3) is 0.308. The van der Waals surface area contributed by atoms with Gasteiger partial charge in [-0.3, -0.25) is 9.78 Å². The summed E-state index contributed by atoms with van der Waals surface area (Å²) < 4.78 is 0.816. The first kappa shape index (κ1) is 11.6. The van der Waals surface area contributed by atoms with Crippen LogP contribution in [-0.4, -0.2) is 33.9 Å². The van der Waals surface area contributed by atoms with Crippen LogP contribution in [0.2, 0.25) is 0 Å². The lowest BCUT2D eigenvalue weighted by molar-refractivity contribution is 0.0787. The molecule has 3 heterocycles. The molecule has 0 atom stereocenters. The zero-order valence-corrected chi connectivity index (χ0v) is 11.4. The molecule has 1 amide bonds. The number of hydrogen-bond donors (Lipinski definition) is 0. The maximum Gasteiger partial charge on any atom is 0.272 e. The Kier molecular flexibility index (Phi) is 2.99. The van der Waals surface area contributed by atoms with Gasteiger partial charge < -0.3 is 4.90 Å². The van der Waals surface area contributed by atoms with E-state index < -0.39 is 0 Å². The predicted octanol–water partition coefficient (Wildman–Crippen LogP) is 2.63. The second kappa shape index (κ2) is 4.65. The molecule has 5 heteroatoms. The van der Waals surface area contributed by atoms with Crippen LogP contribution in [0.4, 0.5) is 0 Å². The Hall–Kier alpha value is -1.49. The molecule has 0 aromatic carbocycles. The maximum atomic E-state index is 12.2. The van der Waals surface area contributed by atoms with Crippen LogP contribution in [-0.2, 0) is 0 Å². The third kappa shape index (κ3) is 1.99. The molecule has 1 aliphatic rings. The van der Waals surface area contributed by atoms with Gasteiger partial charge in [-0.25, -0.2) is 4.98 Å². The number of rotatable bonds is 1. The molecular weight excluding hydrogens is 294 g/mol. The van der Waals surface area contributed by atoms with Gasteiger partial charge in [-0.05, 0) is 40.9 Å². The van der Waals surface area contributed by atoms with Gasteiger partial charge in [-0.15, -0.1) is 0 Å². The van der Waals surface area contributed by atoms with Crippen molar-refractivity contribution in [1.29, 1.82) is 0 Å². The quantitative estimate of drug-likeness (QED) is 0.813. The fourth-order valence-corrected chi connectivity index (χ4v) is 2.65. The number of likely N-dealkylation sites (tertiary alicyclic amines) is 1. The first-order valence-electron chi connectivity index (χ1n) is 5.95. The highest BCUT2D eigenvalue weighted by Gasteiger charge is 2.20. The highest BCUT2D eigenvalue weighted by Crippen LogP contribution is 2.21. The Bertz CT molecular complexity index is 608. The number of carbonyl (C=O) groups is 1. The van der Waals surface area contributed by atoms with E-state index in [9.17, 15) is 4.79 Å². The van der Waals surface area contributed by atoms with E-state index >= 15 is 0 Å². The summed E-state index contributed by atoms with van der Waals surface area (Å²) in [4.78, 5) is 22.6. The van der Waals surface area contributed by atoms with Crippen molar-refractivity contribution in [2.24, 2.45) is 0 Å². The molecule has 0 aliphatic carbocycles. The van der Waals surface area contributed by atoms with E-state index in [1.165, 1.54) is 0 Å². The van der Waals surface area contributed by atoms with Crippen molar-refractivity contribution < 1.29 is 4.79 Å². The lowest BCUT2D eigenvalue weighted by Crippen LogP contribution is -2.28. The zero-order chi connectivity index (χ0) is 12.5. The van der Waals surface area contributed by atoms with E-state index in [0.717, 1.165) is 41.3 Å². The first-order chi connectivity index (χ1) is 8.75. The molecule has 1 saturated heterocycles. The zero-order valence-electron chi connectivity index (χ0n) is 9.77. The number of hydrogen-bond acceptors (Lipinski definition) is 3. The number of fused-ring (bicyclic) bond motifs is 1. The van der Waals surface area contributed by atoms with Crippen LogP contribution in [0.5, 0.6) is 0 Å². The van der Waals surface area contributed by atoms with Gasteiger partial charge in [0.15, 0.2) is 0 Å². The standard InChI is InChI=1S/C13H12BrN3O/c14-10-8-15-7-9-3-4-11(16-12(9)10)13(18)17-5-1-2-6-17/h3-4,7-8H,1-2,5-6H2. The first-order valence-corrected chi connectivity index (χ1v) is 6.74. The van der Waals surface area contributed by atoms with E-state index in [2.05, 4.69) is 25.9 Å². The van der Waals surface area contributed by atoms with Gasteiger partial charge in [-0.1, -0.05) is 0 Å². The molecule has 0 unspecified atom stereocenters. The van der Waals surface area contributed by atoms with Gasteiger partial charge in [0.2, 0.25) is 0 Å². The molecule has 3 rings (SSSR count). The molecule has 1 fully saturated rings. The van der Waals surface area contributed by atoms with E-state index in [1.54, 1.807) is 18.5 Å². The molecule has 2 aromatic heterocycles. The molecule has 0 radical (unpaired) electrons. The summed E-state index contributed by atoms with van der Waals surface area (Å²) >= 11 is 3.41. The molecule has 1 aliphatic heterocycles. The SMILES string of the molecule is O=C(c1ccc2cncc(Br)c2n1)N1CCCC1. The summed E-state index contributed by atoms with van der Waals surface area (Å²) in [6, 6.07) is 3.67. The van der Waals surface area contributed by atoms with Crippen LogP contribution in [0.15, 0.2) is 29.0 Å². The highest BCUT2D eigenvalue weighted by atomic mass is 79.9. The minimum absolute atomic E-state index is 0.0260. The van der Waals surface area contributed by atoms with Gasteiger partial charge in [0.25, 0.3) is 5.91 Å². The molecule has 0 N–H and O–H groups in total. The van der Waals surface area contributed by atoms with Crippen molar-refractivity contribution in [3.05, 3.63) is 34.7 Å². The average Bonchev–Trinajstić information content (AvgIpc) is 2.92. The Morgan fingerprint density at radius 2 is 2.00 bits per heavy atom. The van der Waals surface area contributed by atoms with Crippen molar-refractivity contribution in [2.45, 2.75) is 12.8 Å². The van der Waals surface area contributed by atoms with E-state index in [-0.39, 0.29) is 5.91 Å². The summed E-state index contributed by atoms with van der Waals surface area (Å²) in [7, 11) is 0. The Labute approximate surface area is 113 Å². The van der Waals surface area contributed by atoms with Crippen molar-refractivity contribution in [2.75, 3.05) is 13.1 Å². The number of nitrogens with zero attached hydrogens (tertiary/aromatic N) is 3. The molecule has 0 bridgehead atoms. The van der Waals surface area contributed by atoms with Crippen LogP contribution in [0.25, 0.3) is 10.9 Å². The molecule has 92 valence electrons. The monoisotopic (exact) mass is 305 g/mol. The summed E-state index contributed by atoms with van der Waals surface area (Å²) in [5, 5.41) is 0.933. The van der Waals surface area contributed by atoms with E-state index in [1.807, 2.05) is 11.0 Å². The fourth-order valence-electron chi connectivity index (χ4n) is 2.21. The third-order valence-corrected chi connectivity index (χ3v) is 3.75. The molecule has 0 spiro atoms. The summed E-state index contributed by atoms with van der Waals surface area (Å²) in [6.45, 7) is 1.69. The van der Waals surface area contributed by atoms with E-state index in [0.29, 0.717) is 5.69 Å². The third-order valence-electron chi connectivity index (χ3n) is 3.17. The number of halogens is 1. The van der Waals surface area contributed by atoms with E-state index in [4.69, 9.17) is 0 Å². The van der Waals surface area contributed by atoms with Gasteiger partial charge in [0, 0.05) is 30.9 Å². The molecule has 4 nitrogen and oxygen atoms in total. The Morgan fingerprint density at radius 1 is 1.22 bits per heavy atom. The maximum absolute atomic E-state index is 12.2. The number of pyridine rings is 2. The lowest BCUT2D eigenvalue weighted by atomic mass is 10.2. The van der Waals surface area contributed by atoms with Crippen molar-refractivity contribution >= 4 is 32.7 Å². The highest BCUT2D eigenvalue weighted by molar-refractivity contribution is 9.10. The Morgan fingerprint density at radius 3 is 2.78 bits per heavy atom. The smallest absolute Gasteiger partial charge is 0.272 e. The minimum atomic E-state index is 0.0260. The van der Waals surface area contributed by atoms with Crippen molar-refractivity contribution in [3.63, 3.8) is 0 Å². The number of amides is 1. The normalized spacial score (nSPS) is 15.3. The Balaban J connectivity index is 2.02. The van der Waals surface area contributed by atoms with Crippen LogP contribution in [0, 0.1) is 0 Å². The van der Waals surface area contributed by atoms with Crippen LogP contribution < -0.4 is 0 Å². The largest absolute Gasteiger partial charge is 0.337 e. The summed E-state index contributed by atoms with van der Waals surface area (Å²) in [5.41, 5.74) is 1.30. The summed E-state index contributed by atoms with van der Waals surface area (Å²) in [5.74, 6) is 0.0260. The van der Waals surface area contributed by atoms with Gasteiger partial charge >= 0.3 is 0 Å². The number of carbonyl (C=O) groups excluding carboxylic acids is 1. The van der Waals surface area contributed by atoms with Crippen LogP contribution >= 0.6 is 15.9 Å². The van der Waals surface area contributed by atoms with Crippen molar-refractivity contribution in [1.82, 2.24) is 14.9 Å². The number of aromatic nitrogens is 2. The lowest BCUT2D eigenvalue weighted by Gasteiger charge is -2.14. The van der Waals surface area contributed by atoms with Crippen LogP contribution in [0.3, 0.4) is 0 Å². The van der Waals surface area contributed by atoms with Gasteiger partial charge in [0.05, 0.1) is 9.99 Å². The molecular formula is C13H12BrN3O. The predicted molar refractivity (Wildman–Crippen MR) is 72.4 cm³/mol. The second-order valence-electron chi connectivity index (χ2n) is 4.39. The summed E-state index contributed by atoms with van der Waals surface area (Å²) in [6.07, 6.45) is 5.62. The molecule has 0 saturated carbocycles. The molecule has 18 heavy (non-hydrogen) atoms. The second-order valence-corrected chi connectivity index (χ2v) is 5.24. The van der Waals surface area contributed by atoms with Crippen molar-refractivity contribution in [3.8, 4) is 0 Å². The average molecular weight is 306 g/mol. The van der Waals surface area contributed by atoms with Gasteiger partial charge in [0.1, 0.15) is 5.69 Å². The van der Waals surface area contributed by atoms with Crippen LogP contribution in [0.1, 0.15) is 23.3 Å². The minimum Gasteiger partial charge on any atom is -0.337 e. The van der Waals surface area contributed by atoms with Gasteiger partial charge in [-0.2, -0.15) is 0 Å². The topological polar surface area (TPSA) is 46.1 Å².